The Morgan fingerprint density at radius 3 is 2.70 bits per heavy atom. The van der Waals surface area contributed by atoms with Crippen LogP contribution in [0.1, 0.15) is 47.2 Å². The van der Waals surface area contributed by atoms with Gasteiger partial charge >= 0.3 is 0 Å². The van der Waals surface area contributed by atoms with Gasteiger partial charge in [0.15, 0.2) is 0 Å². The highest BCUT2D eigenvalue weighted by Crippen LogP contribution is 2.35. The first-order chi connectivity index (χ1) is 14.6. The van der Waals surface area contributed by atoms with Gasteiger partial charge in [0.2, 0.25) is 5.91 Å². The van der Waals surface area contributed by atoms with E-state index in [2.05, 4.69) is 16.2 Å². The number of carbonyl (C=O) groups excluding carboxylic acids is 2. The van der Waals surface area contributed by atoms with E-state index in [1.54, 1.807) is 12.1 Å². The molecule has 0 bridgehead atoms. The average molecular weight is 410 g/mol. The number of hydrogen-bond donors (Lipinski definition) is 3. The minimum atomic E-state index is -0.258. The number of amides is 2. The first-order valence-corrected chi connectivity index (χ1v) is 10.8. The van der Waals surface area contributed by atoms with Crippen LogP contribution >= 0.6 is 0 Å². The molecule has 0 spiro atoms. The molecule has 4 rings (SSSR count). The second-order valence-corrected chi connectivity index (χ2v) is 8.33. The van der Waals surface area contributed by atoms with Crippen LogP contribution in [-0.4, -0.2) is 24.4 Å². The van der Waals surface area contributed by atoms with Crippen molar-refractivity contribution in [3.63, 3.8) is 0 Å². The Labute approximate surface area is 176 Å². The van der Waals surface area contributed by atoms with Crippen LogP contribution in [0.4, 0.5) is 4.39 Å². The minimum Gasteiger partial charge on any atom is -0.352 e. The average Bonchev–Trinajstić information content (AvgIpc) is 2.77. The summed E-state index contributed by atoms with van der Waals surface area (Å²) >= 11 is 0. The van der Waals surface area contributed by atoms with Crippen LogP contribution in [0, 0.1) is 17.7 Å². The fourth-order valence-electron chi connectivity index (χ4n) is 4.70. The molecule has 1 saturated carbocycles. The molecule has 2 aliphatic rings. The van der Waals surface area contributed by atoms with Crippen molar-refractivity contribution >= 4 is 11.8 Å². The van der Waals surface area contributed by atoms with Crippen LogP contribution in [0.5, 0.6) is 0 Å². The third-order valence-corrected chi connectivity index (χ3v) is 6.31. The molecule has 0 aromatic heterocycles. The third-order valence-electron chi connectivity index (χ3n) is 6.31. The van der Waals surface area contributed by atoms with Gasteiger partial charge in [-0.05, 0) is 67.0 Å². The highest BCUT2D eigenvalue weighted by molar-refractivity contribution is 5.94. The van der Waals surface area contributed by atoms with Gasteiger partial charge in [-0.3, -0.25) is 15.0 Å². The van der Waals surface area contributed by atoms with E-state index in [9.17, 15) is 14.0 Å². The Bertz CT molecular complexity index is 900. The molecule has 2 aromatic rings. The molecule has 1 aliphatic carbocycles. The molecule has 2 fully saturated rings. The largest absolute Gasteiger partial charge is 0.352 e. The van der Waals surface area contributed by atoms with Crippen molar-refractivity contribution in [1.82, 2.24) is 16.2 Å². The van der Waals surface area contributed by atoms with Crippen molar-refractivity contribution in [2.75, 3.05) is 6.54 Å². The van der Waals surface area contributed by atoms with Crippen LogP contribution in [0.2, 0.25) is 0 Å². The molecule has 6 heteroatoms. The SMILES string of the molecule is O=C(NCCc1ccc(F)cc1)c1cccc(CC2NNC(=O)C3CCCCC23)c1. The summed E-state index contributed by atoms with van der Waals surface area (Å²) in [6, 6.07) is 14.2. The number of rotatable bonds is 6. The maximum atomic E-state index is 13.0. The Balaban J connectivity index is 1.34. The van der Waals surface area contributed by atoms with E-state index in [4.69, 9.17) is 0 Å². The predicted octanol–water partition coefficient (Wildman–Crippen LogP) is 3.15. The molecule has 2 amide bonds. The smallest absolute Gasteiger partial charge is 0.251 e. The number of hydrazine groups is 1. The first-order valence-electron chi connectivity index (χ1n) is 10.8. The monoisotopic (exact) mass is 409 g/mol. The fourth-order valence-corrected chi connectivity index (χ4v) is 4.70. The molecule has 5 nitrogen and oxygen atoms in total. The van der Waals surface area contributed by atoms with Crippen molar-refractivity contribution in [2.24, 2.45) is 11.8 Å². The second kappa shape index (κ2) is 9.39. The second-order valence-electron chi connectivity index (χ2n) is 8.33. The summed E-state index contributed by atoms with van der Waals surface area (Å²) in [5, 5.41) is 2.94. The summed E-state index contributed by atoms with van der Waals surface area (Å²) in [6.45, 7) is 0.495. The third kappa shape index (κ3) is 4.87. The van der Waals surface area contributed by atoms with Gasteiger partial charge in [0.05, 0.1) is 0 Å². The Morgan fingerprint density at radius 2 is 1.87 bits per heavy atom. The van der Waals surface area contributed by atoms with Crippen molar-refractivity contribution in [3.8, 4) is 0 Å². The zero-order valence-electron chi connectivity index (χ0n) is 17.0. The Morgan fingerprint density at radius 1 is 1.07 bits per heavy atom. The van der Waals surface area contributed by atoms with Crippen molar-refractivity contribution in [1.29, 1.82) is 0 Å². The molecule has 158 valence electrons. The van der Waals surface area contributed by atoms with E-state index in [0.29, 0.717) is 24.4 Å². The van der Waals surface area contributed by atoms with E-state index in [1.807, 2.05) is 24.3 Å². The van der Waals surface area contributed by atoms with Gasteiger partial charge in [-0.25, -0.2) is 9.82 Å². The summed E-state index contributed by atoms with van der Waals surface area (Å²) in [7, 11) is 0. The summed E-state index contributed by atoms with van der Waals surface area (Å²) in [5.41, 5.74) is 8.74. The highest BCUT2D eigenvalue weighted by atomic mass is 19.1. The van der Waals surface area contributed by atoms with Crippen molar-refractivity contribution in [2.45, 2.75) is 44.6 Å². The van der Waals surface area contributed by atoms with Crippen LogP contribution in [0.15, 0.2) is 48.5 Å². The standard InChI is InChI=1S/C24H28FN3O2/c25-19-10-8-16(9-11-19)12-13-26-23(29)18-5-3-4-17(14-18)15-22-20-6-1-2-7-21(20)24(30)28-27-22/h3-5,8-11,14,20-22,27H,1-2,6-7,12-13,15H2,(H,26,29)(H,28,30). The predicted molar refractivity (Wildman–Crippen MR) is 113 cm³/mol. The summed E-state index contributed by atoms with van der Waals surface area (Å²) in [6.07, 6.45) is 5.75. The summed E-state index contributed by atoms with van der Waals surface area (Å²) < 4.78 is 13.0. The molecule has 3 atom stereocenters. The maximum absolute atomic E-state index is 13.0. The van der Waals surface area contributed by atoms with Crippen LogP contribution < -0.4 is 16.2 Å². The van der Waals surface area contributed by atoms with Gasteiger partial charge < -0.3 is 5.32 Å². The molecular formula is C24H28FN3O2. The van der Waals surface area contributed by atoms with Crippen LogP contribution in [-0.2, 0) is 17.6 Å². The molecule has 1 heterocycles. The van der Waals surface area contributed by atoms with Crippen molar-refractivity contribution < 1.29 is 14.0 Å². The van der Waals surface area contributed by atoms with Gasteiger partial charge in [-0.2, -0.15) is 0 Å². The number of nitrogens with one attached hydrogen (secondary N) is 3. The highest BCUT2D eigenvalue weighted by Gasteiger charge is 2.39. The molecule has 0 radical (unpaired) electrons. The van der Waals surface area contributed by atoms with Gasteiger partial charge in [0.25, 0.3) is 5.91 Å². The number of carbonyl (C=O) groups is 2. The normalized spacial score (nSPS) is 23.4. The van der Waals surface area contributed by atoms with E-state index >= 15 is 0 Å². The Kier molecular flexibility index (Phi) is 6.43. The molecule has 3 unspecified atom stereocenters. The topological polar surface area (TPSA) is 70.2 Å². The number of benzene rings is 2. The quantitative estimate of drug-likeness (QED) is 0.687. The van der Waals surface area contributed by atoms with Gasteiger partial charge in [-0.15, -0.1) is 0 Å². The summed E-state index contributed by atoms with van der Waals surface area (Å²) in [5.74, 6) is 0.194. The number of fused-ring (bicyclic) bond motifs is 1. The van der Waals surface area contributed by atoms with Gasteiger partial charge in [0.1, 0.15) is 5.82 Å². The maximum Gasteiger partial charge on any atom is 0.251 e. The molecule has 1 saturated heterocycles. The lowest BCUT2D eigenvalue weighted by Crippen LogP contribution is -2.60. The van der Waals surface area contributed by atoms with E-state index in [1.165, 1.54) is 18.6 Å². The van der Waals surface area contributed by atoms with E-state index < -0.39 is 0 Å². The van der Waals surface area contributed by atoms with Crippen molar-refractivity contribution in [3.05, 3.63) is 71.0 Å². The number of hydrogen-bond acceptors (Lipinski definition) is 3. The van der Waals surface area contributed by atoms with E-state index in [0.717, 1.165) is 36.8 Å². The molecule has 3 N–H and O–H groups in total. The van der Waals surface area contributed by atoms with E-state index in [-0.39, 0.29) is 29.6 Å². The lowest BCUT2D eigenvalue weighted by molar-refractivity contribution is -0.133. The van der Waals surface area contributed by atoms with Crippen LogP contribution in [0.25, 0.3) is 0 Å². The van der Waals surface area contributed by atoms with Gasteiger partial charge in [-0.1, -0.05) is 37.1 Å². The molecular weight excluding hydrogens is 381 g/mol. The fraction of sp³-hybridized carbons (Fsp3) is 0.417. The zero-order chi connectivity index (χ0) is 20.9. The molecule has 2 aromatic carbocycles. The molecule has 1 aliphatic heterocycles. The lowest BCUT2D eigenvalue weighted by Gasteiger charge is -2.41. The first kappa shape index (κ1) is 20.5. The lowest BCUT2D eigenvalue weighted by atomic mass is 9.72. The molecule has 30 heavy (non-hydrogen) atoms. The number of halogens is 1. The summed E-state index contributed by atoms with van der Waals surface area (Å²) in [4.78, 5) is 24.7. The minimum absolute atomic E-state index is 0.0999. The van der Waals surface area contributed by atoms with Gasteiger partial charge in [0, 0.05) is 24.1 Å². The van der Waals surface area contributed by atoms with Crippen LogP contribution in [0.3, 0.4) is 0 Å². The zero-order valence-corrected chi connectivity index (χ0v) is 17.0. The Hall–Kier alpha value is -2.73.